The molecule has 1 rings (SSSR count). The molecular formula is C12H16N2O5. The molecule has 7 heteroatoms. The average molecular weight is 268 g/mol. The zero-order valence-corrected chi connectivity index (χ0v) is 10.8. The fraction of sp³-hybridized carbons (Fsp3) is 0.417. The second kappa shape index (κ2) is 7.20. The van der Waals surface area contributed by atoms with Crippen LogP contribution in [0.2, 0.25) is 0 Å². The van der Waals surface area contributed by atoms with Gasteiger partial charge in [-0.25, -0.2) is 0 Å². The van der Waals surface area contributed by atoms with Crippen LogP contribution in [0.5, 0.6) is 0 Å². The minimum Gasteiger partial charge on any atom is -0.472 e. The van der Waals surface area contributed by atoms with E-state index >= 15 is 0 Å². The van der Waals surface area contributed by atoms with Gasteiger partial charge in [-0.05, 0) is 13.0 Å². The van der Waals surface area contributed by atoms with Crippen LogP contribution in [0, 0.1) is 0 Å². The van der Waals surface area contributed by atoms with E-state index in [-0.39, 0.29) is 18.9 Å². The third-order valence-electron chi connectivity index (χ3n) is 2.38. The number of rotatable bonds is 6. The molecular weight excluding hydrogens is 252 g/mol. The smallest absolute Gasteiger partial charge is 0.307 e. The first-order valence-corrected chi connectivity index (χ1v) is 5.72. The van der Waals surface area contributed by atoms with E-state index in [0.717, 1.165) is 0 Å². The molecule has 1 aromatic rings. The minimum absolute atomic E-state index is 0.0879. The Morgan fingerprint density at radius 2 is 2.16 bits per heavy atom. The first-order valence-electron chi connectivity index (χ1n) is 5.72. The molecule has 0 fully saturated rings. The second-order valence-corrected chi connectivity index (χ2v) is 3.82. The lowest BCUT2D eigenvalue weighted by atomic mass is 10.2. The lowest BCUT2D eigenvalue weighted by Gasteiger charge is -2.13. The largest absolute Gasteiger partial charge is 0.472 e. The monoisotopic (exact) mass is 268 g/mol. The fourth-order valence-electron chi connectivity index (χ4n) is 1.28. The summed E-state index contributed by atoms with van der Waals surface area (Å²) in [6, 6.07) is 0.789. The van der Waals surface area contributed by atoms with Crippen LogP contribution in [0.3, 0.4) is 0 Å². The first kappa shape index (κ1) is 14.7. The van der Waals surface area contributed by atoms with Crippen LogP contribution >= 0.6 is 0 Å². The Labute approximate surface area is 110 Å². The van der Waals surface area contributed by atoms with Crippen molar-refractivity contribution < 1.29 is 23.5 Å². The maximum absolute atomic E-state index is 11.6. The van der Waals surface area contributed by atoms with Gasteiger partial charge in [0.1, 0.15) is 12.3 Å². The molecule has 0 saturated heterocycles. The standard InChI is InChI=1S/C12H16N2O5/c1-8(11(16)13-5-3-10(15)18-2)14-12(17)9-4-6-19-7-9/h4,6-8H,3,5H2,1-2H3,(H,13,16)(H,14,17). The molecule has 0 aliphatic carbocycles. The highest BCUT2D eigenvalue weighted by Crippen LogP contribution is 2.00. The number of ether oxygens (including phenoxy) is 1. The Bertz CT molecular complexity index is 441. The summed E-state index contributed by atoms with van der Waals surface area (Å²) in [5, 5.41) is 5.03. The molecule has 0 aromatic carbocycles. The summed E-state index contributed by atoms with van der Waals surface area (Å²) in [5.41, 5.74) is 0.342. The van der Waals surface area contributed by atoms with E-state index in [9.17, 15) is 14.4 Å². The number of furan rings is 1. The van der Waals surface area contributed by atoms with Crippen LogP contribution < -0.4 is 10.6 Å². The predicted octanol–water partition coefficient (Wildman–Crippen LogP) is 0.0772. The van der Waals surface area contributed by atoms with Crippen LogP contribution in [0.25, 0.3) is 0 Å². The molecule has 0 radical (unpaired) electrons. The zero-order valence-electron chi connectivity index (χ0n) is 10.8. The van der Waals surface area contributed by atoms with Gasteiger partial charge in [0.05, 0.1) is 25.4 Å². The summed E-state index contributed by atoms with van der Waals surface area (Å²) in [6.07, 6.45) is 2.75. The summed E-state index contributed by atoms with van der Waals surface area (Å²) in [6.45, 7) is 1.71. The molecule has 0 aliphatic rings. The normalized spacial score (nSPS) is 11.5. The van der Waals surface area contributed by atoms with Gasteiger partial charge in [0, 0.05) is 6.54 Å². The van der Waals surface area contributed by atoms with Gasteiger partial charge >= 0.3 is 5.97 Å². The van der Waals surface area contributed by atoms with Crippen molar-refractivity contribution in [3.05, 3.63) is 24.2 Å². The zero-order chi connectivity index (χ0) is 14.3. The summed E-state index contributed by atoms with van der Waals surface area (Å²) in [5.74, 6) is -1.18. The third kappa shape index (κ3) is 4.82. The Morgan fingerprint density at radius 1 is 1.42 bits per heavy atom. The number of methoxy groups -OCH3 is 1. The molecule has 2 N–H and O–H groups in total. The van der Waals surface area contributed by atoms with Crippen molar-refractivity contribution in [1.82, 2.24) is 10.6 Å². The molecule has 0 aliphatic heterocycles. The van der Waals surface area contributed by atoms with E-state index < -0.39 is 17.9 Å². The number of hydrogen-bond acceptors (Lipinski definition) is 5. The summed E-state index contributed by atoms with van der Waals surface area (Å²) in [7, 11) is 1.28. The number of nitrogens with one attached hydrogen (secondary N) is 2. The number of hydrogen-bond donors (Lipinski definition) is 2. The molecule has 1 heterocycles. The molecule has 0 saturated carbocycles. The van der Waals surface area contributed by atoms with Crippen molar-refractivity contribution in [1.29, 1.82) is 0 Å². The number of amides is 2. The molecule has 19 heavy (non-hydrogen) atoms. The van der Waals surface area contributed by atoms with Crippen molar-refractivity contribution in [3.63, 3.8) is 0 Å². The van der Waals surface area contributed by atoms with Crippen molar-refractivity contribution in [2.24, 2.45) is 0 Å². The maximum Gasteiger partial charge on any atom is 0.307 e. The van der Waals surface area contributed by atoms with Crippen molar-refractivity contribution >= 4 is 17.8 Å². The van der Waals surface area contributed by atoms with E-state index in [0.29, 0.717) is 5.56 Å². The van der Waals surface area contributed by atoms with Crippen LogP contribution in [0.15, 0.2) is 23.0 Å². The number of esters is 1. The summed E-state index contributed by atoms with van der Waals surface area (Å²) < 4.78 is 9.20. The van der Waals surface area contributed by atoms with Crippen molar-refractivity contribution in [2.45, 2.75) is 19.4 Å². The van der Waals surface area contributed by atoms with Crippen LogP contribution in [-0.4, -0.2) is 37.5 Å². The minimum atomic E-state index is -0.708. The molecule has 104 valence electrons. The van der Waals surface area contributed by atoms with Crippen LogP contribution in [-0.2, 0) is 14.3 Å². The van der Waals surface area contributed by atoms with Gasteiger partial charge in [0.15, 0.2) is 0 Å². The summed E-state index contributed by atoms with van der Waals surface area (Å²) in [4.78, 5) is 34.1. The molecule has 0 spiro atoms. The van der Waals surface area contributed by atoms with Crippen LogP contribution in [0.4, 0.5) is 0 Å². The Morgan fingerprint density at radius 3 is 2.74 bits per heavy atom. The lowest BCUT2D eigenvalue weighted by Crippen LogP contribution is -2.45. The molecule has 7 nitrogen and oxygen atoms in total. The van der Waals surface area contributed by atoms with Gasteiger partial charge in [0.2, 0.25) is 5.91 Å². The Balaban J connectivity index is 2.32. The van der Waals surface area contributed by atoms with Gasteiger partial charge in [-0.3, -0.25) is 14.4 Å². The van der Waals surface area contributed by atoms with Crippen molar-refractivity contribution in [3.8, 4) is 0 Å². The van der Waals surface area contributed by atoms with Crippen LogP contribution in [0.1, 0.15) is 23.7 Å². The topological polar surface area (TPSA) is 97.6 Å². The Hall–Kier alpha value is -2.31. The number of carbonyl (C=O) groups excluding carboxylic acids is 3. The molecule has 1 aromatic heterocycles. The highest BCUT2D eigenvalue weighted by Gasteiger charge is 2.17. The van der Waals surface area contributed by atoms with Gasteiger partial charge in [0.25, 0.3) is 5.91 Å². The van der Waals surface area contributed by atoms with Gasteiger partial charge in [-0.2, -0.15) is 0 Å². The average Bonchev–Trinajstić information content (AvgIpc) is 2.92. The van der Waals surface area contributed by atoms with Gasteiger partial charge in [-0.1, -0.05) is 0 Å². The fourth-order valence-corrected chi connectivity index (χ4v) is 1.28. The van der Waals surface area contributed by atoms with E-state index in [2.05, 4.69) is 15.4 Å². The van der Waals surface area contributed by atoms with Gasteiger partial charge in [-0.15, -0.1) is 0 Å². The number of carbonyl (C=O) groups is 3. The lowest BCUT2D eigenvalue weighted by molar-refractivity contribution is -0.140. The maximum atomic E-state index is 11.6. The van der Waals surface area contributed by atoms with Gasteiger partial charge < -0.3 is 19.8 Å². The molecule has 1 atom stereocenters. The van der Waals surface area contributed by atoms with E-state index in [4.69, 9.17) is 4.42 Å². The van der Waals surface area contributed by atoms with Crippen molar-refractivity contribution in [2.75, 3.05) is 13.7 Å². The second-order valence-electron chi connectivity index (χ2n) is 3.82. The first-order chi connectivity index (χ1) is 9.04. The Kier molecular flexibility index (Phi) is 5.59. The molecule has 0 bridgehead atoms. The predicted molar refractivity (Wildman–Crippen MR) is 65.3 cm³/mol. The van der Waals surface area contributed by atoms with E-state index in [1.54, 1.807) is 6.92 Å². The molecule has 1 unspecified atom stereocenters. The van der Waals surface area contributed by atoms with E-state index in [1.807, 2.05) is 0 Å². The summed E-state index contributed by atoms with van der Waals surface area (Å²) >= 11 is 0. The highest BCUT2D eigenvalue weighted by atomic mass is 16.5. The SMILES string of the molecule is COC(=O)CCNC(=O)C(C)NC(=O)c1ccoc1. The highest BCUT2D eigenvalue weighted by molar-refractivity contribution is 5.97. The third-order valence-corrected chi connectivity index (χ3v) is 2.38. The quantitative estimate of drug-likeness (QED) is 0.712. The van der Waals surface area contributed by atoms with E-state index in [1.165, 1.54) is 25.7 Å². The molecule has 2 amide bonds.